The monoisotopic (exact) mass is 292 g/mol. The highest BCUT2D eigenvalue weighted by atomic mass is 16.4. The molecule has 2 atom stereocenters. The molecule has 0 saturated carbocycles. The van der Waals surface area contributed by atoms with Crippen LogP contribution in [-0.2, 0) is 11.2 Å². The highest BCUT2D eigenvalue weighted by molar-refractivity contribution is 5.89. The van der Waals surface area contributed by atoms with Crippen molar-refractivity contribution < 1.29 is 14.7 Å². The van der Waals surface area contributed by atoms with Crippen molar-refractivity contribution in [3.63, 3.8) is 0 Å². The number of piperidine rings is 1. The molecule has 0 aliphatic carbocycles. The molecule has 2 rings (SSSR count). The van der Waals surface area contributed by atoms with Crippen molar-refractivity contribution >= 4 is 17.7 Å². The van der Waals surface area contributed by atoms with Gasteiger partial charge in [-0.25, -0.2) is 14.8 Å². The number of rotatable bonds is 3. The Bertz CT molecular complexity index is 517. The molecule has 1 saturated heterocycles. The zero-order valence-corrected chi connectivity index (χ0v) is 12.2. The summed E-state index contributed by atoms with van der Waals surface area (Å²) in [5.41, 5.74) is 0.516. The number of amides is 2. The second kappa shape index (κ2) is 6.51. The topological polar surface area (TPSA) is 95.4 Å². The summed E-state index contributed by atoms with van der Waals surface area (Å²) >= 11 is 0. The number of carbonyl (C=O) groups is 2. The van der Waals surface area contributed by atoms with E-state index in [0.29, 0.717) is 24.5 Å². The van der Waals surface area contributed by atoms with Crippen LogP contribution in [0.2, 0.25) is 0 Å². The molecule has 2 unspecified atom stereocenters. The average molecular weight is 292 g/mol. The molecule has 1 aliphatic rings. The minimum absolute atomic E-state index is 0.171. The van der Waals surface area contributed by atoms with Gasteiger partial charge in [-0.15, -0.1) is 0 Å². The number of carboxylic acids is 1. The maximum absolute atomic E-state index is 12.2. The number of hydrogen-bond donors (Lipinski definition) is 2. The van der Waals surface area contributed by atoms with Crippen molar-refractivity contribution in [3.8, 4) is 0 Å². The summed E-state index contributed by atoms with van der Waals surface area (Å²) < 4.78 is 0. The highest BCUT2D eigenvalue weighted by Gasteiger charge is 2.31. The minimum atomic E-state index is -0.852. The predicted octanol–water partition coefficient (Wildman–Crippen LogP) is 1.61. The third-order valence-electron chi connectivity index (χ3n) is 3.57. The van der Waals surface area contributed by atoms with Crippen LogP contribution in [-0.4, -0.2) is 45.1 Å². The molecule has 0 spiro atoms. The number of carbonyl (C=O) groups excluding carboxylic acids is 1. The van der Waals surface area contributed by atoms with Crippen LogP contribution in [0, 0.1) is 11.8 Å². The number of hydrogen-bond acceptors (Lipinski definition) is 4. The molecule has 2 heterocycles. The predicted molar refractivity (Wildman–Crippen MR) is 76.9 cm³/mol. The van der Waals surface area contributed by atoms with Crippen LogP contribution in [0.15, 0.2) is 12.4 Å². The van der Waals surface area contributed by atoms with Crippen molar-refractivity contribution in [2.75, 3.05) is 18.4 Å². The first kappa shape index (κ1) is 15.2. The number of urea groups is 1. The number of nitrogens with zero attached hydrogens (tertiary/aromatic N) is 3. The Morgan fingerprint density at radius 2 is 2.05 bits per heavy atom. The van der Waals surface area contributed by atoms with Gasteiger partial charge >= 0.3 is 12.0 Å². The number of carboxylic acid groups (broad SMARTS) is 1. The Labute approximate surface area is 123 Å². The highest BCUT2D eigenvalue weighted by Crippen LogP contribution is 2.22. The summed E-state index contributed by atoms with van der Waals surface area (Å²) in [6, 6.07) is -0.305. The van der Waals surface area contributed by atoms with Gasteiger partial charge < -0.3 is 15.3 Å². The lowest BCUT2D eigenvalue weighted by molar-refractivity contribution is -0.143. The van der Waals surface area contributed by atoms with Crippen molar-refractivity contribution in [1.82, 2.24) is 14.9 Å². The third-order valence-corrected chi connectivity index (χ3v) is 3.57. The fraction of sp³-hybridized carbons (Fsp3) is 0.571. The van der Waals surface area contributed by atoms with Crippen LogP contribution in [0.3, 0.4) is 0 Å². The molecule has 1 aliphatic heterocycles. The molecular weight excluding hydrogens is 272 g/mol. The molecule has 7 heteroatoms. The average Bonchev–Trinajstić information content (AvgIpc) is 2.47. The fourth-order valence-electron chi connectivity index (χ4n) is 2.50. The van der Waals surface area contributed by atoms with Crippen LogP contribution in [0.5, 0.6) is 0 Å². The summed E-state index contributed by atoms with van der Waals surface area (Å²) in [5, 5.41) is 11.8. The normalized spacial score (nSPS) is 21.9. The van der Waals surface area contributed by atoms with E-state index in [2.05, 4.69) is 15.3 Å². The Balaban J connectivity index is 1.99. The van der Waals surface area contributed by atoms with Crippen LogP contribution >= 0.6 is 0 Å². The van der Waals surface area contributed by atoms with Gasteiger partial charge in [0.15, 0.2) is 0 Å². The van der Waals surface area contributed by atoms with E-state index in [9.17, 15) is 9.59 Å². The number of anilines is 1. The summed E-state index contributed by atoms with van der Waals surface area (Å²) in [6.45, 7) is 4.70. The van der Waals surface area contributed by atoms with E-state index in [1.165, 1.54) is 0 Å². The number of likely N-dealkylation sites (tertiary alicyclic amines) is 1. The Morgan fingerprint density at radius 1 is 1.38 bits per heavy atom. The van der Waals surface area contributed by atoms with Gasteiger partial charge in [0.2, 0.25) is 0 Å². The largest absolute Gasteiger partial charge is 0.481 e. The number of aliphatic carboxylic acids is 1. The summed E-state index contributed by atoms with van der Waals surface area (Å²) in [5.74, 6) is -0.469. The molecule has 1 aromatic heterocycles. The lowest BCUT2D eigenvalue weighted by atomic mass is 9.91. The molecule has 2 N–H and O–H groups in total. The maximum Gasteiger partial charge on any atom is 0.321 e. The summed E-state index contributed by atoms with van der Waals surface area (Å²) in [4.78, 5) is 33.1. The van der Waals surface area contributed by atoms with Crippen LogP contribution in [0.25, 0.3) is 0 Å². The Kier molecular flexibility index (Phi) is 4.72. The second-order valence-corrected chi connectivity index (χ2v) is 5.45. The van der Waals surface area contributed by atoms with E-state index in [1.54, 1.807) is 17.3 Å². The number of aromatic nitrogens is 2. The SMILES string of the molecule is CCc1ncc(NC(=O)N2CC(C)CC(C(=O)O)C2)cn1. The van der Waals surface area contributed by atoms with Gasteiger partial charge in [-0.1, -0.05) is 13.8 Å². The van der Waals surface area contributed by atoms with E-state index in [-0.39, 0.29) is 18.5 Å². The van der Waals surface area contributed by atoms with Crippen molar-refractivity contribution in [1.29, 1.82) is 0 Å². The number of aryl methyl sites for hydroxylation is 1. The van der Waals surface area contributed by atoms with Gasteiger partial charge in [-0.2, -0.15) is 0 Å². The molecule has 2 amide bonds. The first-order valence-electron chi connectivity index (χ1n) is 7.09. The van der Waals surface area contributed by atoms with Crippen LogP contribution in [0.4, 0.5) is 10.5 Å². The molecule has 1 aromatic rings. The van der Waals surface area contributed by atoms with E-state index in [1.807, 2.05) is 13.8 Å². The van der Waals surface area contributed by atoms with Crippen LogP contribution in [0.1, 0.15) is 26.1 Å². The lowest BCUT2D eigenvalue weighted by Gasteiger charge is -2.34. The maximum atomic E-state index is 12.2. The first-order valence-corrected chi connectivity index (χ1v) is 7.09. The van der Waals surface area contributed by atoms with E-state index in [0.717, 1.165) is 6.42 Å². The number of nitrogens with one attached hydrogen (secondary N) is 1. The lowest BCUT2D eigenvalue weighted by Crippen LogP contribution is -2.47. The molecule has 0 radical (unpaired) electrons. The Hall–Kier alpha value is -2.18. The van der Waals surface area contributed by atoms with Crippen molar-refractivity contribution in [2.45, 2.75) is 26.7 Å². The smallest absolute Gasteiger partial charge is 0.321 e. The van der Waals surface area contributed by atoms with Crippen molar-refractivity contribution in [2.24, 2.45) is 11.8 Å². The van der Waals surface area contributed by atoms with Gasteiger partial charge in [-0.3, -0.25) is 4.79 Å². The van der Waals surface area contributed by atoms with E-state index >= 15 is 0 Å². The Morgan fingerprint density at radius 3 is 2.62 bits per heavy atom. The fourth-order valence-corrected chi connectivity index (χ4v) is 2.50. The van der Waals surface area contributed by atoms with E-state index in [4.69, 9.17) is 5.11 Å². The molecule has 21 heavy (non-hydrogen) atoms. The molecule has 114 valence electrons. The van der Waals surface area contributed by atoms with Gasteiger partial charge in [0.1, 0.15) is 5.82 Å². The summed E-state index contributed by atoms with van der Waals surface area (Å²) in [7, 11) is 0. The second-order valence-electron chi connectivity index (χ2n) is 5.45. The third kappa shape index (κ3) is 3.90. The van der Waals surface area contributed by atoms with Gasteiger partial charge in [0.25, 0.3) is 0 Å². The molecular formula is C14H20N4O3. The van der Waals surface area contributed by atoms with E-state index < -0.39 is 11.9 Å². The molecule has 0 bridgehead atoms. The first-order chi connectivity index (χ1) is 9.99. The zero-order chi connectivity index (χ0) is 15.4. The van der Waals surface area contributed by atoms with Gasteiger partial charge in [0, 0.05) is 19.5 Å². The molecule has 0 aromatic carbocycles. The quantitative estimate of drug-likeness (QED) is 0.882. The standard InChI is InChI=1S/C14H20N4O3/c1-3-12-15-5-11(6-16-12)17-14(21)18-7-9(2)4-10(8-18)13(19)20/h5-6,9-10H,3-4,7-8H2,1-2H3,(H,17,21)(H,19,20). The minimum Gasteiger partial charge on any atom is -0.481 e. The van der Waals surface area contributed by atoms with Gasteiger partial charge in [0.05, 0.1) is 24.0 Å². The molecule has 1 fully saturated rings. The van der Waals surface area contributed by atoms with Gasteiger partial charge in [-0.05, 0) is 12.3 Å². The zero-order valence-electron chi connectivity index (χ0n) is 12.2. The van der Waals surface area contributed by atoms with Crippen molar-refractivity contribution in [3.05, 3.63) is 18.2 Å². The summed E-state index contributed by atoms with van der Waals surface area (Å²) in [6.07, 6.45) is 4.46. The molecule has 7 nitrogen and oxygen atoms in total. The van der Waals surface area contributed by atoms with Crippen LogP contribution < -0.4 is 5.32 Å².